The number of rotatable bonds is 7. The fraction of sp³-hybridized carbons (Fsp3) is 0.583. The fourth-order valence-corrected chi connectivity index (χ4v) is 2.74. The lowest BCUT2D eigenvalue weighted by atomic mass is 10.0. The molecule has 6 nitrogen and oxygen atoms in total. The first-order valence-electron chi connectivity index (χ1n) is 10.3. The number of benzene rings is 1. The molecule has 1 unspecified atom stereocenters. The molecule has 0 aliphatic heterocycles. The third kappa shape index (κ3) is 9.33. The summed E-state index contributed by atoms with van der Waals surface area (Å²) in [6.07, 6.45) is 2.67. The summed E-state index contributed by atoms with van der Waals surface area (Å²) in [7, 11) is 1.61. The molecule has 30 heavy (non-hydrogen) atoms. The van der Waals surface area contributed by atoms with Gasteiger partial charge < -0.3 is 14.2 Å². The summed E-state index contributed by atoms with van der Waals surface area (Å²) in [5, 5.41) is 0. The summed E-state index contributed by atoms with van der Waals surface area (Å²) in [5.74, 6) is 0.351. The van der Waals surface area contributed by atoms with Gasteiger partial charge in [0.1, 0.15) is 17.0 Å². The summed E-state index contributed by atoms with van der Waals surface area (Å²) < 4.78 is 16.2. The lowest BCUT2D eigenvalue weighted by molar-refractivity contribution is -0.148. The van der Waals surface area contributed by atoms with Crippen molar-refractivity contribution < 1.29 is 23.8 Å². The van der Waals surface area contributed by atoms with Gasteiger partial charge in [0.25, 0.3) is 0 Å². The highest BCUT2D eigenvalue weighted by atomic mass is 16.6. The Balaban J connectivity index is 3.18. The summed E-state index contributed by atoms with van der Waals surface area (Å²) in [6.45, 7) is 15.3. The standard InChI is InChI=1S/C24H37NO5/c1-17(2)20(14-15-21(26)29-23(3,4)5)25(22(27)30-24(6,7)8)16-18-10-12-19(28-9)13-11-18/h10-15,17,20H,16H2,1-9H3/b15-14-. The normalized spacial score (nSPS) is 13.3. The van der Waals surface area contributed by atoms with Crippen molar-refractivity contribution in [3.05, 3.63) is 42.0 Å². The van der Waals surface area contributed by atoms with Gasteiger partial charge in [0.15, 0.2) is 0 Å². The zero-order valence-corrected chi connectivity index (χ0v) is 19.8. The van der Waals surface area contributed by atoms with E-state index in [1.807, 2.05) is 79.7 Å². The Bertz CT molecular complexity index is 723. The van der Waals surface area contributed by atoms with Gasteiger partial charge in [-0.05, 0) is 65.2 Å². The Morgan fingerprint density at radius 2 is 1.50 bits per heavy atom. The number of hydrogen-bond acceptors (Lipinski definition) is 5. The number of ether oxygens (including phenoxy) is 3. The minimum atomic E-state index is -0.633. The quantitative estimate of drug-likeness (QED) is 0.440. The molecule has 1 aromatic rings. The molecule has 6 heteroatoms. The van der Waals surface area contributed by atoms with E-state index >= 15 is 0 Å². The zero-order chi connectivity index (χ0) is 23.1. The van der Waals surface area contributed by atoms with Gasteiger partial charge in [0, 0.05) is 12.6 Å². The van der Waals surface area contributed by atoms with Crippen LogP contribution in [0.4, 0.5) is 4.79 Å². The van der Waals surface area contributed by atoms with Crippen molar-refractivity contribution in [2.45, 2.75) is 79.2 Å². The van der Waals surface area contributed by atoms with Crippen molar-refractivity contribution in [1.29, 1.82) is 0 Å². The molecule has 1 atom stereocenters. The second-order valence-electron chi connectivity index (χ2n) is 9.58. The predicted molar refractivity (Wildman–Crippen MR) is 118 cm³/mol. The van der Waals surface area contributed by atoms with Crippen LogP contribution in [0, 0.1) is 5.92 Å². The number of amides is 1. The first kappa shape index (κ1) is 25.5. The number of carbonyl (C=O) groups excluding carboxylic acids is 2. The second kappa shape index (κ2) is 10.5. The molecule has 0 radical (unpaired) electrons. The van der Waals surface area contributed by atoms with Gasteiger partial charge in [-0.25, -0.2) is 9.59 Å². The molecule has 0 saturated carbocycles. The number of carbonyl (C=O) groups is 2. The Morgan fingerprint density at radius 1 is 0.967 bits per heavy atom. The largest absolute Gasteiger partial charge is 0.497 e. The van der Waals surface area contributed by atoms with E-state index in [0.29, 0.717) is 6.54 Å². The van der Waals surface area contributed by atoms with Crippen LogP contribution in [0.1, 0.15) is 61.0 Å². The van der Waals surface area contributed by atoms with E-state index in [2.05, 4.69) is 0 Å². The van der Waals surface area contributed by atoms with Crippen molar-refractivity contribution in [3.63, 3.8) is 0 Å². The molecule has 168 valence electrons. The molecule has 0 spiro atoms. The summed E-state index contributed by atoms with van der Waals surface area (Å²) in [4.78, 5) is 26.9. The number of nitrogens with zero attached hydrogens (tertiary/aromatic N) is 1. The highest BCUT2D eigenvalue weighted by Gasteiger charge is 2.29. The molecule has 0 N–H and O–H groups in total. The second-order valence-corrected chi connectivity index (χ2v) is 9.58. The SMILES string of the molecule is COc1ccc(CN(C(=O)OC(C)(C)C)C(/C=C\C(=O)OC(C)(C)C)C(C)C)cc1. The van der Waals surface area contributed by atoms with Crippen LogP contribution in [0.5, 0.6) is 5.75 Å². The first-order chi connectivity index (χ1) is 13.7. The highest BCUT2D eigenvalue weighted by molar-refractivity contribution is 5.82. The van der Waals surface area contributed by atoms with Crippen molar-refractivity contribution in [2.75, 3.05) is 7.11 Å². The Kier molecular flexibility index (Phi) is 8.94. The van der Waals surface area contributed by atoms with E-state index in [-0.39, 0.29) is 12.0 Å². The third-order valence-corrected chi connectivity index (χ3v) is 4.02. The van der Waals surface area contributed by atoms with Crippen LogP contribution in [-0.2, 0) is 20.8 Å². The van der Waals surface area contributed by atoms with Crippen LogP contribution >= 0.6 is 0 Å². The minimum Gasteiger partial charge on any atom is -0.497 e. The van der Waals surface area contributed by atoms with E-state index in [9.17, 15) is 9.59 Å². The number of hydrogen-bond donors (Lipinski definition) is 0. The summed E-state index contributed by atoms with van der Waals surface area (Å²) in [5.41, 5.74) is -0.285. The van der Waals surface area contributed by atoms with Gasteiger partial charge in [-0.3, -0.25) is 4.90 Å². The smallest absolute Gasteiger partial charge is 0.411 e. The van der Waals surface area contributed by atoms with Crippen LogP contribution in [0.2, 0.25) is 0 Å². The molecule has 0 bridgehead atoms. The van der Waals surface area contributed by atoms with Crippen LogP contribution in [0.25, 0.3) is 0 Å². The molecule has 0 aliphatic rings. The molecule has 1 amide bonds. The van der Waals surface area contributed by atoms with Crippen LogP contribution in [0.15, 0.2) is 36.4 Å². The van der Waals surface area contributed by atoms with Gasteiger partial charge in [0.2, 0.25) is 0 Å². The van der Waals surface area contributed by atoms with Crippen LogP contribution < -0.4 is 4.74 Å². The molecule has 0 fully saturated rings. The van der Waals surface area contributed by atoms with Crippen molar-refractivity contribution in [1.82, 2.24) is 4.90 Å². The van der Waals surface area contributed by atoms with Gasteiger partial charge >= 0.3 is 12.1 Å². The van der Waals surface area contributed by atoms with Crippen LogP contribution in [-0.4, -0.2) is 41.3 Å². The molecular weight excluding hydrogens is 382 g/mol. The zero-order valence-electron chi connectivity index (χ0n) is 19.8. The molecule has 1 rings (SSSR count). The topological polar surface area (TPSA) is 65.1 Å². The van der Waals surface area contributed by atoms with E-state index in [1.165, 1.54) is 6.08 Å². The molecule has 0 aliphatic carbocycles. The number of methoxy groups -OCH3 is 1. The summed E-state index contributed by atoms with van der Waals surface area (Å²) >= 11 is 0. The van der Waals surface area contributed by atoms with Crippen molar-refractivity contribution in [3.8, 4) is 5.75 Å². The third-order valence-electron chi connectivity index (χ3n) is 4.02. The van der Waals surface area contributed by atoms with E-state index < -0.39 is 23.3 Å². The maximum atomic E-state index is 13.0. The van der Waals surface area contributed by atoms with Crippen molar-refractivity contribution in [2.24, 2.45) is 5.92 Å². The maximum absolute atomic E-state index is 13.0. The van der Waals surface area contributed by atoms with E-state index in [1.54, 1.807) is 18.1 Å². The highest BCUT2D eigenvalue weighted by Crippen LogP contribution is 2.22. The monoisotopic (exact) mass is 419 g/mol. The molecular formula is C24H37NO5. The van der Waals surface area contributed by atoms with Gasteiger partial charge in [-0.1, -0.05) is 32.1 Å². The predicted octanol–water partition coefficient (Wildman–Crippen LogP) is 5.35. The average Bonchev–Trinajstić information content (AvgIpc) is 2.58. The first-order valence-corrected chi connectivity index (χ1v) is 10.3. The molecule has 0 heterocycles. The van der Waals surface area contributed by atoms with Gasteiger partial charge in [-0.2, -0.15) is 0 Å². The molecule has 0 saturated heterocycles. The minimum absolute atomic E-state index is 0.0504. The Morgan fingerprint density at radius 3 is 1.93 bits per heavy atom. The van der Waals surface area contributed by atoms with Crippen molar-refractivity contribution >= 4 is 12.1 Å². The molecule has 1 aromatic carbocycles. The molecule has 0 aromatic heterocycles. The lowest BCUT2D eigenvalue weighted by Crippen LogP contribution is -2.44. The van der Waals surface area contributed by atoms with E-state index in [4.69, 9.17) is 14.2 Å². The Labute approximate surface area is 181 Å². The van der Waals surface area contributed by atoms with Gasteiger partial charge in [0.05, 0.1) is 13.2 Å². The lowest BCUT2D eigenvalue weighted by Gasteiger charge is -2.34. The Hall–Kier alpha value is -2.50. The van der Waals surface area contributed by atoms with E-state index in [0.717, 1.165) is 11.3 Å². The van der Waals surface area contributed by atoms with Crippen LogP contribution in [0.3, 0.4) is 0 Å². The van der Waals surface area contributed by atoms with Gasteiger partial charge in [-0.15, -0.1) is 0 Å². The number of esters is 1. The fourth-order valence-electron chi connectivity index (χ4n) is 2.74. The maximum Gasteiger partial charge on any atom is 0.411 e. The summed E-state index contributed by atoms with van der Waals surface area (Å²) in [6, 6.07) is 7.16. The average molecular weight is 420 g/mol.